The van der Waals surface area contributed by atoms with Gasteiger partial charge in [0.05, 0.1) is 42.8 Å². The Labute approximate surface area is 169 Å². The van der Waals surface area contributed by atoms with Crippen LogP contribution in [0.3, 0.4) is 0 Å². The maximum absolute atomic E-state index is 14.0. The number of imidazole rings is 1. The summed E-state index contributed by atoms with van der Waals surface area (Å²) in [6.07, 6.45) is 1.33. The number of hydrogen-bond donors (Lipinski definition) is 0. The van der Waals surface area contributed by atoms with Crippen LogP contribution in [-0.2, 0) is 6.18 Å². The monoisotopic (exact) mass is 413 g/mol. The lowest BCUT2D eigenvalue weighted by molar-refractivity contribution is -0.137. The van der Waals surface area contributed by atoms with Gasteiger partial charge in [0.15, 0.2) is 0 Å². The van der Waals surface area contributed by atoms with Crippen LogP contribution in [0.25, 0.3) is 28.1 Å². The number of benzene rings is 2. The fourth-order valence-corrected chi connectivity index (χ4v) is 3.27. The number of rotatable bonds is 4. The number of methoxy groups -OCH3 is 1. The van der Waals surface area contributed by atoms with Gasteiger partial charge in [0.2, 0.25) is 0 Å². The summed E-state index contributed by atoms with van der Waals surface area (Å²) < 4.78 is 60.5. The Bertz CT molecular complexity index is 1200. The molecule has 4 nitrogen and oxygen atoms in total. The first kappa shape index (κ1) is 19.6. The summed E-state index contributed by atoms with van der Waals surface area (Å²) in [6, 6.07) is 11.5. The van der Waals surface area contributed by atoms with Crippen LogP contribution in [0.5, 0.6) is 5.75 Å². The van der Waals surface area contributed by atoms with Gasteiger partial charge in [-0.2, -0.15) is 13.2 Å². The molecule has 2 aromatic heterocycles. The molecular formula is C22H15F4N3O. The van der Waals surface area contributed by atoms with Crippen molar-refractivity contribution in [2.24, 2.45) is 0 Å². The van der Waals surface area contributed by atoms with Gasteiger partial charge in [-0.05, 0) is 30.3 Å². The lowest BCUT2D eigenvalue weighted by Gasteiger charge is -2.16. The Morgan fingerprint density at radius 3 is 2.50 bits per heavy atom. The van der Waals surface area contributed by atoms with Gasteiger partial charge in [0.1, 0.15) is 11.6 Å². The highest BCUT2D eigenvalue weighted by molar-refractivity contribution is 5.78. The summed E-state index contributed by atoms with van der Waals surface area (Å²) in [7, 11) is 1.55. The van der Waals surface area contributed by atoms with E-state index in [2.05, 4.69) is 9.97 Å². The zero-order valence-corrected chi connectivity index (χ0v) is 15.7. The Kier molecular flexibility index (Phi) is 4.99. The number of para-hydroxylation sites is 1. The standard InChI is InChI=1S/C22H15F4N3O/c1-30-21-5-3-2-4-18(21)17-6-7-27-12-20(17)29-13-28-11-19(29)14-8-15(22(24,25)26)10-16(23)9-14/h2-13H,1H3. The van der Waals surface area contributed by atoms with Crippen LogP contribution in [-0.4, -0.2) is 21.6 Å². The molecule has 8 heteroatoms. The second-order valence-electron chi connectivity index (χ2n) is 6.47. The van der Waals surface area contributed by atoms with E-state index in [-0.39, 0.29) is 5.56 Å². The minimum absolute atomic E-state index is 0.0506. The molecule has 152 valence electrons. The van der Waals surface area contributed by atoms with E-state index in [0.717, 1.165) is 23.3 Å². The van der Waals surface area contributed by atoms with Crippen molar-refractivity contribution in [1.29, 1.82) is 0 Å². The van der Waals surface area contributed by atoms with Gasteiger partial charge in [-0.15, -0.1) is 0 Å². The highest BCUT2D eigenvalue weighted by Gasteiger charge is 2.31. The molecule has 2 aromatic carbocycles. The van der Waals surface area contributed by atoms with Gasteiger partial charge in [-0.1, -0.05) is 18.2 Å². The summed E-state index contributed by atoms with van der Waals surface area (Å²) in [5.74, 6) is -0.361. The maximum atomic E-state index is 14.0. The van der Waals surface area contributed by atoms with E-state index in [1.807, 2.05) is 18.2 Å². The molecule has 0 aliphatic heterocycles. The van der Waals surface area contributed by atoms with Gasteiger partial charge >= 0.3 is 6.18 Å². The van der Waals surface area contributed by atoms with Crippen LogP contribution in [0, 0.1) is 5.82 Å². The second-order valence-corrected chi connectivity index (χ2v) is 6.47. The molecule has 4 rings (SSSR count). The molecule has 0 aliphatic carbocycles. The van der Waals surface area contributed by atoms with Crippen LogP contribution in [0.1, 0.15) is 5.56 Å². The van der Waals surface area contributed by atoms with Crippen LogP contribution >= 0.6 is 0 Å². The number of alkyl halides is 3. The van der Waals surface area contributed by atoms with E-state index in [1.54, 1.807) is 36.2 Å². The molecule has 0 unspecified atom stereocenters. The molecule has 0 aliphatic rings. The summed E-state index contributed by atoms with van der Waals surface area (Å²) in [4.78, 5) is 8.22. The molecule has 0 atom stereocenters. The third-order valence-corrected chi connectivity index (χ3v) is 4.62. The topological polar surface area (TPSA) is 39.9 Å². The number of nitrogens with zero attached hydrogens (tertiary/aromatic N) is 3. The average Bonchev–Trinajstić information content (AvgIpc) is 3.22. The zero-order chi connectivity index (χ0) is 21.3. The van der Waals surface area contributed by atoms with E-state index in [0.29, 0.717) is 23.2 Å². The Morgan fingerprint density at radius 2 is 1.73 bits per heavy atom. The molecule has 0 bridgehead atoms. The quantitative estimate of drug-likeness (QED) is 0.399. The molecule has 0 spiro atoms. The molecule has 4 aromatic rings. The summed E-state index contributed by atoms with van der Waals surface area (Å²) in [5.41, 5.74) is 1.34. The first-order chi connectivity index (χ1) is 14.4. The van der Waals surface area contributed by atoms with E-state index in [9.17, 15) is 17.6 Å². The number of aromatic nitrogens is 3. The number of hydrogen-bond acceptors (Lipinski definition) is 3. The third kappa shape index (κ3) is 3.63. The van der Waals surface area contributed by atoms with E-state index in [1.165, 1.54) is 12.5 Å². The normalized spacial score (nSPS) is 11.5. The van der Waals surface area contributed by atoms with Crippen molar-refractivity contribution in [2.45, 2.75) is 6.18 Å². The highest BCUT2D eigenvalue weighted by Crippen LogP contribution is 2.37. The summed E-state index contributed by atoms with van der Waals surface area (Å²) >= 11 is 0. The fraction of sp³-hybridized carbons (Fsp3) is 0.0909. The summed E-state index contributed by atoms with van der Waals surface area (Å²) in [5, 5.41) is 0. The molecule has 0 saturated heterocycles. The third-order valence-electron chi connectivity index (χ3n) is 4.62. The van der Waals surface area contributed by atoms with Crippen LogP contribution < -0.4 is 4.74 Å². The van der Waals surface area contributed by atoms with Gasteiger partial charge in [0, 0.05) is 22.9 Å². The van der Waals surface area contributed by atoms with Gasteiger partial charge in [0.25, 0.3) is 0 Å². The van der Waals surface area contributed by atoms with Crippen molar-refractivity contribution in [2.75, 3.05) is 7.11 Å². The van der Waals surface area contributed by atoms with Crippen LogP contribution in [0.15, 0.2) is 73.4 Å². The summed E-state index contributed by atoms with van der Waals surface area (Å²) in [6.45, 7) is 0. The first-order valence-corrected chi connectivity index (χ1v) is 8.87. The van der Waals surface area contributed by atoms with Crippen molar-refractivity contribution < 1.29 is 22.3 Å². The number of pyridine rings is 1. The Morgan fingerprint density at radius 1 is 0.933 bits per heavy atom. The molecule has 0 amide bonds. The van der Waals surface area contributed by atoms with E-state index in [4.69, 9.17) is 4.74 Å². The van der Waals surface area contributed by atoms with Crippen molar-refractivity contribution >= 4 is 0 Å². The minimum atomic E-state index is -4.67. The molecule has 2 heterocycles. The van der Waals surface area contributed by atoms with Gasteiger partial charge in [-0.25, -0.2) is 9.37 Å². The van der Waals surface area contributed by atoms with Crippen molar-refractivity contribution in [3.05, 3.63) is 84.8 Å². The maximum Gasteiger partial charge on any atom is 0.416 e. The minimum Gasteiger partial charge on any atom is -0.496 e. The molecular weight excluding hydrogens is 398 g/mol. The number of halogens is 4. The molecule has 0 radical (unpaired) electrons. The Hall–Kier alpha value is -3.68. The predicted octanol–water partition coefficient (Wildman–Crippen LogP) is 5.77. The van der Waals surface area contributed by atoms with Crippen LogP contribution in [0.2, 0.25) is 0 Å². The van der Waals surface area contributed by atoms with Crippen LogP contribution in [0.4, 0.5) is 17.6 Å². The fourth-order valence-electron chi connectivity index (χ4n) is 3.27. The average molecular weight is 413 g/mol. The SMILES string of the molecule is COc1ccccc1-c1ccncc1-n1cncc1-c1cc(F)cc(C(F)(F)F)c1. The number of ether oxygens (including phenoxy) is 1. The smallest absolute Gasteiger partial charge is 0.416 e. The molecule has 0 N–H and O–H groups in total. The highest BCUT2D eigenvalue weighted by atomic mass is 19.4. The Balaban J connectivity index is 1.90. The molecule has 0 fully saturated rings. The molecule has 0 saturated carbocycles. The van der Waals surface area contributed by atoms with Gasteiger partial charge < -0.3 is 4.74 Å². The predicted molar refractivity (Wildman–Crippen MR) is 104 cm³/mol. The first-order valence-electron chi connectivity index (χ1n) is 8.87. The van der Waals surface area contributed by atoms with Gasteiger partial charge in [-0.3, -0.25) is 9.55 Å². The molecule has 30 heavy (non-hydrogen) atoms. The zero-order valence-electron chi connectivity index (χ0n) is 15.7. The largest absolute Gasteiger partial charge is 0.496 e. The lowest BCUT2D eigenvalue weighted by atomic mass is 10.0. The van der Waals surface area contributed by atoms with Crippen molar-refractivity contribution in [1.82, 2.24) is 14.5 Å². The van der Waals surface area contributed by atoms with E-state index < -0.39 is 17.6 Å². The van der Waals surface area contributed by atoms with Crippen molar-refractivity contribution in [3.63, 3.8) is 0 Å². The lowest BCUT2D eigenvalue weighted by Crippen LogP contribution is -2.06. The van der Waals surface area contributed by atoms with Crippen molar-refractivity contribution in [3.8, 4) is 33.8 Å². The van der Waals surface area contributed by atoms with E-state index >= 15 is 0 Å². The second kappa shape index (κ2) is 7.62.